The van der Waals surface area contributed by atoms with Crippen molar-refractivity contribution in [3.63, 3.8) is 0 Å². The molecule has 0 spiro atoms. The van der Waals surface area contributed by atoms with Crippen molar-refractivity contribution in [3.05, 3.63) is 41.8 Å². The maximum Gasteiger partial charge on any atom is 0.123 e. The average molecular weight is 233 g/mol. The molecule has 2 atom stereocenters. The summed E-state index contributed by atoms with van der Waals surface area (Å²) in [4.78, 5) is 4.50. The molecular formula is C14H13F2N. The van der Waals surface area contributed by atoms with Crippen LogP contribution in [0.2, 0.25) is 0 Å². The maximum absolute atomic E-state index is 13.1. The average Bonchev–Trinajstić information content (AvgIpc) is 2.75. The van der Waals surface area contributed by atoms with Crippen molar-refractivity contribution in [3.8, 4) is 0 Å². The van der Waals surface area contributed by atoms with Crippen molar-refractivity contribution >= 4 is 10.9 Å². The molecule has 1 nitrogen and oxygen atoms in total. The second kappa shape index (κ2) is 4.06. The molecule has 0 N–H and O–H groups in total. The summed E-state index contributed by atoms with van der Waals surface area (Å²) >= 11 is 0. The van der Waals surface area contributed by atoms with Gasteiger partial charge in [-0.25, -0.2) is 8.78 Å². The Morgan fingerprint density at radius 1 is 1.12 bits per heavy atom. The first-order chi connectivity index (χ1) is 8.22. The van der Waals surface area contributed by atoms with Crippen LogP contribution in [0.25, 0.3) is 10.9 Å². The lowest BCUT2D eigenvalue weighted by Gasteiger charge is -2.09. The van der Waals surface area contributed by atoms with Gasteiger partial charge < -0.3 is 0 Å². The van der Waals surface area contributed by atoms with E-state index in [1.807, 2.05) is 12.1 Å². The fraction of sp³-hybridized carbons (Fsp3) is 0.357. The summed E-state index contributed by atoms with van der Waals surface area (Å²) in [5, 5.41) is 0.795. The van der Waals surface area contributed by atoms with Gasteiger partial charge in [0.05, 0.1) is 5.52 Å². The highest BCUT2D eigenvalue weighted by atomic mass is 19.1. The molecule has 0 amide bonds. The molecule has 3 heteroatoms. The van der Waals surface area contributed by atoms with Crippen LogP contribution >= 0.6 is 0 Å². The van der Waals surface area contributed by atoms with Gasteiger partial charge in [0.15, 0.2) is 0 Å². The zero-order chi connectivity index (χ0) is 11.8. The standard InChI is InChI=1S/C14H13F2N/c15-11-3-1-9(7-11)13-5-2-10-8-12(16)4-6-14(10)17-13/h2,4-6,8-9,11H,1,3,7H2. The van der Waals surface area contributed by atoms with Gasteiger partial charge in [-0.05, 0) is 43.5 Å². The van der Waals surface area contributed by atoms with Crippen LogP contribution in [-0.4, -0.2) is 11.2 Å². The minimum absolute atomic E-state index is 0.222. The second-order valence-corrected chi connectivity index (χ2v) is 4.68. The minimum atomic E-state index is -0.689. The van der Waals surface area contributed by atoms with E-state index in [0.29, 0.717) is 12.8 Å². The van der Waals surface area contributed by atoms with Crippen LogP contribution in [0.3, 0.4) is 0 Å². The summed E-state index contributed by atoms with van der Waals surface area (Å²) in [6, 6.07) is 8.32. The van der Waals surface area contributed by atoms with Gasteiger partial charge in [-0.3, -0.25) is 4.98 Å². The van der Waals surface area contributed by atoms with E-state index in [4.69, 9.17) is 0 Å². The van der Waals surface area contributed by atoms with Crippen LogP contribution in [0.1, 0.15) is 30.9 Å². The van der Waals surface area contributed by atoms with E-state index in [1.165, 1.54) is 12.1 Å². The number of fused-ring (bicyclic) bond motifs is 1. The third kappa shape index (κ3) is 2.02. The Balaban J connectivity index is 1.99. The lowest BCUT2D eigenvalue weighted by atomic mass is 10.0. The molecule has 0 saturated heterocycles. The van der Waals surface area contributed by atoms with Crippen molar-refractivity contribution in [2.75, 3.05) is 0 Å². The second-order valence-electron chi connectivity index (χ2n) is 4.68. The fourth-order valence-corrected chi connectivity index (χ4v) is 2.53. The first-order valence-corrected chi connectivity index (χ1v) is 5.92. The van der Waals surface area contributed by atoms with E-state index in [9.17, 15) is 8.78 Å². The van der Waals surface area contributed by atoms with Crippen LogP contribution in [0, 0.1) is 5.82 Å². The van der Waals surface area contributed by atoms with Crippen molar-refractivity contribution in [1.29, 1.82) is 0 Å². The molecule has 2 unspecified atom stereocenters. The smallest absolute Gasteiger partial charge is 0.123 e. The number of hydrogen-bond acceptors (Lipinski definition) is 1. The molecule has 1 aliphatic rings. The first-order valence-electron chi connectivity index (χ1n) is 5.92. The van der Waals surface area contributed by atoms with Crippen LogP contribution in [0.15, 0.2) is 30.3 Å². The fourth-order valence-electron chi connectivity index (χ4n) is 2.53. The molecule has 2 aromatic rings. The summed E-state index contributed by atoms with van der Waals surface area (Å²) in [6.07, 6.45) is 1.37. The zero-order valence-electron chi connectivity index (χ0n) is 9.37. The van der Waals surface area contributed by atoms with E-state index < -0.39 is 6.17 Å². The number of rotatable bonds is 1. The predicted molar refractivity (Wildman–Crippen MR) is 63.2 cm³/mol. The van der Waals surface area contributed by atoms with E-state index in [-0.39, 0.29) is 11.7 Å². The Morgan fingerprint density at radius 3 is 2.76 bits per heavy atom. The lowest BCUT2D eigenvalue weighted by molar-refractivity contribution is 0.339. The third-order valence-corrected chi connectivity index (χ3v) is 3.46. The van der Waals surface area contributed by atoms with Crippen molar-refractivity contribution in [2.24, 2.45) is 0 Å². The highest BCUT2D eigenvalue weighted by Crippen LogP contribution is 2.35. The summed E-state index contributed by atoms with van der Waals surface area (Å²) in [5.74, 6) is -0.0313. The lowest BCUT2D eigenvalue weighted by Crippen LogP contribution is -1.98. The molecule has 0 aliphatic heterocycles. The molecule has 88 valence electrons. The number of alkyl halides is 1. The van der Waals surface area contributed by atoms with Crippen molar-refractivity contribution < 1.29 is 8.78 Å². The molecule has 1 aromatic heterocycles. The summed E-state index contributed by atoms with van der Waals surface area (Å²) in [6.45, 7) is 0. The molecule has 0 radical (unpaired) electrons. The zero-order valence-corrected chi connectivity index (χ0v) is 9.37. The molecule has 17 heavy (non-hydrogen) atoms. The van der Waals surface area contributed by atoms with E-state index in [2.05, 4.69) is 4.98 Å². The van der Waals surface area contributed by atoms with Gasteiger partial charge in [0.25, 0.3) is 0 Å². The molecule has 1 saturated carbocycles. The molecule has 0 bridgehead atoms. The van der Waals surface area contributed by atoms with Crippen molar-refractivity contribution in [1.82, 2.24) is 4.98 Å². The Kier molecular flexibility index (Phi) is 2.54. The Labute approximate surface area is 98.5 Å². The van der Waals surface area contributed by atoms with E-state index in [1.54, 1.807) is 6.07 Å². The summed E-state index contributed by atoms with van der Waals surface area (Å²) < 4.78 is 26.2. The molecule has 3 rings (SSSR count). The highest BCUT2D eigenvalue weighted by Gasteiger charge is 2.26. The maximum atomic E-state index is 13.1. The number of halogens is 2. The molecule has 1 fully saturated rings. The van der Waals surface area contributed by atoms with Gasteiger partial charge in [-0.2, -0.15) is 0 Å². The molecule has 1 aromatic carbocycles. The topological polar surface area (TPSA) is 12.9 Å². The van der Waals surface area contributed by atoms with Gasteiger partial charge in [0.1, 0.15) is 12.0 Å². The van der Waals surface area contributed by atoms with E-state index in [0.717, 1.165) is 23.0 Å². The van der Waals surface area contributed by atoms with Crippen LogP contribution in [-0.2, 0) is 0 Å². The van der Waals surface area contributed by atoms with Crippen LogP contribution in [0.5, 0.6) is 0 Å². The van der Waals surface area contributed by atoms with Gasteiger partial charge >= 0.3 is 0 Å². The van der Waals surface area contributed by atoms with Gasteiger partial charge in [-0.15, -0.1) is 0 Å². The Morgan fingerprint density at radius 2 is 2.00 bits per heavy atom. The first kappa shape index (κ1) is 10.6. The van der Waals surface area contributed by atoms with Gasteiger partial charge in [-0.1, -0.05) is 6.07 Å². The summed E-state index contributed by atoms with van der Waals surface area (Å²) in [7, 11) is 0. The SMILES string of the molecule is Fc1ccc2nc(C3CCC(F)C3)ccc2c1. The van der Waals surface area contributed by atoms with Crippen molar-refractivity contribution in [2.45, 2.75) is 31.4 Å². The van der Waals surface area contributed by atoms with Crippen LogP contribution < -0.4 is 0 Å². The minimum Gasteiger partial charge on any atom is -0.253 e. The third-order valence-electron chi connectivity index (χ3n) is 3.46. The quantitative estimate of drug-likeness (QED) is 0.726. The molecule has 1 aliphatic carbocycles. The van der Waals surface area contributed by atoms with Crippen LogP contribution in [0.4, 0.5) is 8.78 Å². The monoisotopic (exact) mass is 233 g/mol. The molecular weight excluding hydrogens is 220 g/mol. The summed E-state index contributed by atoms with van der Waals surface area (Å²) in [5.41, 5.74) is 1.72. The number of aromatic nitrogens is 1. The number of hydrogen-bond donors (Lipinski definition) is 0. The van der Waals surface area contributed by atoms with Gasteiger partial charge in [0, 0.05) is 17.0 Å². The highest BCUT2D eigenvalue weighted by molar-refractivity contribution is 5.78. The van der Waals surface area contributed by atoms with E-state index >= 15 is 0 Å². The Bertz CT molecular complexity index is 553. The number of pyridine rings is 1. The normalized spacial score (nSPS) is 24.4. The predicted octanol–water partition coefficient (Wildman–Crippen LogP) is 3.98. The largest absolute Gasteiger partial charge is 0.253 e. The Hall–Kier alpha value is -1.51. The van der Waals surface area contributed by atoms with Gasteiger partial charge in [0.2, 0.25) is 0 Å². The number of nitrogens with zero attached hydrogens (tertiary/aromatic N) is 1. The number of benzene rings is 1. The molecule has 1 heterocycles.